The molecule has 0 saturated heterocycles. The molecule has 0 aliphatic rings. The second-order valence-electron chi connectivity index (χ2n) is 3.53. The fraction of sp³-hybridized carbons (Fsp3) is 0.182. The van der Waals surface area contributed by atoms with Crippen LogP contribution in [0.15, 0.2) is 27.2 Å². The highest BCUT2D eigenvalue weighted by molar-refractivity contribution is 8.00. The number of thiazole rings is 1. The summed E-state index contributed by atoms with van der Waals surface area (Å²) in [4.78, 5) is 5.87. The average Bonchev–Trinajstić information content (AvgIpc) is 3.16. The van der Waals surface area contributed by atoms with E-state index in [9.17, 15) is 0 Å². The first-order chi connectivity index (χ1) is 9.35. The number of thiophene rings is 1. The third kappa shape index (κ3) is 3.14. The van der Waals surface area contributed by atoms with Gasteiger partial charge in [0.15, 0.2) is 4.34 Å². The molecule has 0 spiro atoms. The van der Waals surface area contributed by atoms with Crippen molar-refractivity contribution < 1.29 is 0 Å². The molecule has 19 heavy (non-hydrogen) atoms. The molecule has 0 radical (unpaired) electrons. The molecule has 3 heterocycles. The van der Waals surface area contributed by atoms with E-state index in [1.54, 1.807) is 45.8 Å². The fourth-order valence-electron chi connectivity index (χ4n) is 1.39. The van der Waals surface area contributed by atoms with Crippen molar-refractivity contribution in [3.63, 3.8) is 0 Å². The van der Waals surface area contributed by atoms with Crippen LogP contribution in [-0.4, -0.2) is 22.2 Å². The molecule has 0 bridgehead atoms. The van der Waals surface area contributed by atoms with Crippen LogP contribution in [0.1, 0.15) is 5.69 Å². The number of rotatable bonds is 5. The molecule has 3 aromatic heterocycles. The topological polar surface area (TPSA) is 50.7 Å². The maximum absolute atomic E-state index is 4.64. The summed E-state index contributed by atoms with van der Waals surface area (Å²) >= 11 is 6.65. The number of aromatic nitrogens is 3. The molecule has 8 heteroatoms. The van der Waals surface area contributed by atoms with Gasteiger partial charge in [0, 0.05) is 18.2 Å². The maximum atomic E-state index is 4.64. The van der Waals surface area contributed by atoms with Crippen LogP contribution in [0.5, 0.6) is 0 Å². The standard InChI is InChI=1S/C11H10N4S4/c1-12-10-14-15-11(19-10)18-6-7-5-17-9(13-7)8-3-2-4-16-8/h2-5H,6H2,1H3,(H,12,14). The predicted molar refractivity (Wildman–Crippen MR) is 84.4 cm³/mol. The SMILES string of the molecule is CNc1nnc(SCc2csc(-c3cccs3)n2)s1. The average molecular weight is 326 g/mol. The van der Waals surface area contributed by atoms with Crippen LogP contribution >= 0.6 is 45.8 Å². The van der Waals surface area contributed by atoms with Crippen molar-refractivity contribution in [2.75, 3.05) is 12.4 Å². The molecule has 4 nitrogen and oxygen atoms in total. The summed E-state index contributed by atoms with van der Waals surface area (Å²) in [6, 6.07) is 4.15. The molecular weight excluding hydrogens is 316 g/mol. The Hall–Kier alpha value is -0.960. The van der Waals surface area contributed by atoms with E-state index >= 15 is 0 Å². The Labute approximate surface area is 126 Å². The number of nitrogens with one attached hydrogen (secondary N) is 1. The van der Waals surface area contributed by atoms with Crippen LogP contribution in [0.3, 0.4) is 0 Å². The van der Waals surface area contributed by atoms with E-state index in [4.69, 9.17) is 0 Å². The van der Waals surface area contributed by atoms with Gasteiger partial charge in [-0.25, -0.2) is 4.98 Å². The fourth-order valence-corrected chi connectivity index (χ4v) is 4.73. The van der Waals surface area contributed by atoms with Gasteiger partial charge in [-0.1, -0.05) is 29.2 Å². The van der Waals surface area contributed by atoms with Crippen molar-refractivity contribution in [3.8, 4) is 9.88 Å². The Morgan fingerprint density at radius 2 is 2.26 bits per heavy atom. The van der Waals surface area contributed by atoms with Gasteiger partial charge in [0.2, 0.25) is 5.13 Å². The van der Waals surface area contributed by atoms with E-state index in [0.29, 0.717) is 0 Å². The molecule has 0 unspecified atom stereocenters. The smallest absolute Gasteiger partial charge is 0.206 e. The zero-order valence-corrected chi connectivity index (χ0v) is 13.3. The van der Waals surface area contributed by atoms with Gasteiger partial charge < -0.3 is 5.32 Å². The minimum Gasteiger partial charge on any atom is -0.363 e. The van der Waals surface area contributed by atoms with Gasteiger partial charge in [0.05, 0.1) is 10.6 Å². The highest BCUT2D eigenvalue weighted by Gasteiger charge is 2.08. The van der Waals surface area contributed by atoms with Crippen molar-refractivity contribution in [1.29, 1.82) is 0 Å². The summed E-state index contributed by atoms with van der Waals surface area (Å²) in [6.45, 7) is 0. The van der Waals surface area contributed by atoms with E-state index in [2.05, 4.69) is 43.4 Å². The highest BCUT2D eigenvalue weighted by atomic mass is 32.2. The molecule has 98 valence electrons. The predicted octanol–water partition coefficient (Wildman–Crippen LogP) is 4.06. The normalized spacial score (nSPS) is 10.8. The Bertz CT molecular complexity index is 643. The summed E-state index contributed by atoms with van der Waals surface area (Å²) in [6.07, 6.45) is 0. The molecule has 0 atom stereocenters. The van der Waals surface area contributed by atoms with Crippen molar-refractivity contribution in [1.82, 2.24) is 15.2 Å². The van der Waals surface area contributed by atoms with E-state index in [1.165, 1.54) is 4.88 Å². The van der Waals surface area contributed by atoms with Gasteiger partial charge in [0.25, 0.3) is 0 Å². The van der Waals surface area contributed by atoms with Crippen molar-refractivity contribution in [2.24, 2.45) is 0 Å². The van der Waals surface area contributed by atoms with Crippen LogP contribution in [-0.2, 0) is 5.75 Å². The number of hydrogen-bond acceptors (Lipinski definition) is 8. The van der Waals surface area contributed by atoms with Gasteiger partial charge in [-0.05, 0) is 11.4 Å². The molecule has 0 saturated carbocycles. The zero-order chi connectivity index (χ0) is 13.1. The summed E-state index contributed by atoms with van der Waals surface area (Å²) in [7, 11) is 1.85. The van der Waals surface area contributed by atoms with Gasteiger partial charge in [-0.3, -0.25) is 0 Å². The van der Waals surface area contributed by atoms with E-state index in [0.717, 1.165) is 25.9 Å². The second-order valence-corrected chi connectivity index (χ2v) is 7.54. The monoisotopic (exact) mass is 326 g/mol. The molecular formula is C11H10N4S4. The molecule has 3 aromatic rings. The van der Waals surface area contributed by atoms with Crippen LogP contribution in [0, 0.1) is 0 Å². The lowest BCUT2D eigenvalue weighted by Crippen LogP contribution is -1.84. The lowest BCUT2D eigenvalue weighted by Gasteiger charge is -1.92. The third-order valence-corrected chi connectivity index (χ3v) is 6.29. The first-order valence-electron chi connectivity index (χ1n) is 5.47. The van der Waals surface area contributed by atoms with Gasteiger partial charge >= 0.3 is 0 Å². The molecule has 3 rings (SSSR count). The van der Waals surface area contributed by atoms with E-state index < -0.39 is 0 Å². The van der Waals surface area contributed by atoms with Crippen molar-refractivity contribution in [2.45, 2.75) is 10.1 Å². The first-order valence-corrected chi connectivity index (χ1v) is 9.03. The highest BCUT2D eigenvalue weighted by Crippen LogP contribution is 2.31. The van der Waals surface area contributed by atoms with Crippen LogP contribution < -0.4 is 5.32 Å². The van der Waals surface area contributed by atoms with Gasteiger partial charge in [0.1, 0.15) is 5.01 Å². The van der Waals surface area contributed by atoms with E-state index in [1.807, 2.05) is 7.05 Å². The Morgan fingerprint density at radius 1 is 1.32 bits per heavy atom. The summed E-state index contributed by atoms with van der Waals surface area (Å²) in [5.74, 6) is 0.834. The summed E-state index contributed by atoms with van der Waals surface area (Å²) in [5, 5.41) is 17.2. The van der Waals surface area contributed by atoms with E-state index in [-0.39, 0.29) is 0 Å². The van der Waals surface area contributed by atoms with Crippen molar-refractivity contribution in [3.05, 3.63) is 28.6 Å². The van der Waals surface area contributed by atoms with Crippen LogP contribution in [0.2, 0.25) is 0 Å². The minimum absolute atomic E-state index is 0.834. The number of anilines is 1. The number of hydrogen-bond donors (Lipinski definition) is 1. The Morgan fingerprint density at radius 3 is 3.00 bits per heavy atom. The largest absolute Gasteiger partial charge is 0.363 e. The summed E-state index contributed by atoms with van der Waals surface area (Å²) < 4.78 is 0.968. The molecule has 0 fully saturated rings. The van der Waals surface area contributed by atoms with Gasteiger partial charge in [-0.15, -0.1) is 32.9 Å². The molecule has 0 aliphatic heterocycles. The molecule has 1 N–H and O–H groups in total. The Kier molecular flexibility index (Phi) is 4.12. The third-order valence-electron chi connectivity index (χ3n) is 2.25. The quantitative estimate of drug-likeness (QED) is 0.717. The second kappa shape index (κ2) is 6.00. The van der Waals surface area contributed by atoms with Crippen LogP contribution in [0.4, 0.5) is 5.13 Å². The summed E-state index contributed by atoms with van der Waals surface area (Å²) in [5.41, 5.74) is 1.10. The lowest BCUT2D eigenvalue weighted by atomic mass is 10.5. The molecule has 0 aliphatic carbocycles. The molecule has 0 aromatic carbocycles. The zero-order valence-electron chi connectivity index (χ0n) is 9.99. The maximum Gasteiger partial charge on any atom is 0.206 e. The van der Waals surface area contributed by atoms with Crippen LogP contribution in [0.25, 0.3) is 9.88 Å². The van der Waals surface area contributed by atoms with Gasteiger partial charge in [-0.2, -0.15) is 0 Å². The first kappa shape index (κ1) is 13.0. The number of nitrogens with zero attached hydrogens (tertiary/aromatic N) is 3. The Balaban J connectivity index is 1.64. The minimum atomic E-state index is 0.834. The lowest BCUT2D eigenvalue weighted by molar-refractivity contribution is 1.01. The molecule has 0 amide bonds. The van der Waals surface area contributed by atoms with Crippen molar-refractivity contribution >= 4 is 50.9 Å². The number of thioether (sulfide) groups is 1.